The largest absolute Gasteiger partial charge is 0.480 e. The minimum atomic E-state index is -1.07. The van der Waals surface area contributed by atoms with Gasteiger partial charge in [0.1, 0.15) is 11.7 Å². The number of nitrogens with one attached hydrogen (secondary N) is 1. The molecular weight excluding hydrogens is 358 g/mol. The zero-order valence-corrected chi connectivity index (χ0v) is 14.6. The van der Waals surface area contributed by atoms with Gasteiger partial charge in [-0.1, -0.05) is 23.7 Å². The highest BCUT2D eigenvalue weighted by atomic mass is 35.5. The van der Waals surface area contributed by atoms with E-state index < -0.39 is 17.9 Å². The van der Waals surface area contributed by atoms with Crippen molar-refractivity contribution in [1.82, 2.24) is 19.6 Å². The van der Waals surface area contributed by atoms with Crippen molar-refractivity contribution in [3.05, 3.63) is 65.1 Å². The van der Waals surface area contributed by atoms with E-state index in [2.05, 4.69) is 15.5 Å². The fourth-order valence-corrected chi connectivity index (χ4v) is 2.51. The molecule has 2 aromatic heterocycles. The van der Waals surface area contributed by atoms with Gasteiger partial charge in [-0.3, -0.25) is 9.48 Å². The predicted octanol–water partition coefficient (Wildman–Crippen LogP) is 2.68. The van der Waals surface area contributed by atoms with E-state index in [0.717, 1.165) is 10.2 Å². The summed E-state index contributed by atoms with van der Waals surface area (Å²) in [6.07, 6.45) is 3.12. The van der Waals surface area contributed by atoms with Gasteiger partial charge in [0.05, 0.1) is 6.54 Å². The molecule has 3 rings (SSSR count). The Balaban J connectivity index is 1.69. The number of carboxylic acids is 1. The van der Waals surface area contributed by atoms with E-state index in [4.69, 9.17) is 16.7 Å². The first kappa shape index (κ1) is 17.7. The van der Waals surface area contributed by atoms with Gasteiger partial charge in [-0.25, -0.2) is 9.48 Å². The summed E-state index contributed by atoms with van der Waals surface area (Å²) in [5.74, 6) is -1.19. The molecule has 9 heteroatoms. The van der Waals surface area contributed by atoms with Crippen LogP contribution >= 0.6 is 11.6 Å². The second-order valence-corrected chi connectivity index (χ2v) is 6.09. The molecule has 8 nitrogen and oxygen atoms in total. The van der Waals surface area contributed by atoms with Crippen molar-refractivity contribution in [3.8, 4) is 0 Å². The summed E-state index contributed by atoms with van der Waals surface area (Å²) in [6, 6.07) is 9.56. The standard InChI is InChI=1S/C17H16ClN5O3/c1-11(17(25)26)23-14(6-8-19-23)16(24)20-15-7-9-22(21-15)10-12-2-4-13(18)5-3-12/h2-9,11H,10H2,1H3,(H,25,26)(H,20,21,24). The Morgan fingerprint density at radius 3 is 2.65 bits per heavy atom. The van der Waals surface area contributed by atoms with Gasteiger partial charge >= 0.3 is 5.97 Å². The van der Waals surface area contributed by atoms with Crippen LogP contribution in [0.15, 0.2) is 48.8 Å². The number of halogens is 1. The SMILES string of the molecule is CC(C(=O)O)n1nccc1C(=O)Nc1ccn(Cc2ccc(Cl)cc2)n1. The van der Waals surface area contributed by atoms with Crippen LogP contribution in [0.3, 0.4) is 0 Å². The van der Waals surface area contributed by atoms with Crippen LogP contribution in [0.1, 0.15) is 29.0 Å². The maximum absolute atomic E-state index is 12.4. The molecule has 1 amide bonds. The summed E-state index contributed by atoms with van der Waals surface area (Å²) in [5, 5.41) is 20.6. The van der Waals surface area contributed by atoms with Gasteiger partial charge in [-0.05, 0) is 30.7 Å². The summed E-state index contributed by atoms with van der Waals surface area (Å²) in [7, 11) is 0. The Bertz CT molecular complexity index is 932. The van der Waals surface area contributed by atoms with Crippen molar-refractivity contribution in [1.29, 1.82) is 0 Å². The van der Waals surface area contributed by atoms with Gasteiger partial charge in [-0.2, -0.15) is 10.2 Å². The molecule has 0 fully saturated rings. The number of aliphatic carboxylic acids is 1. The second-order valence-electron chi connectivity index (χ2n) is 5.65. The molecule has 26 heavy (non-hydrogen) atoms. The molecule has 1 aromatic carbocycles. The van der Waals surface area contributed by atoms with Crippen molar-refractivity contribution in [3.63, 3.8) is 0 Å². The van der Waals surface area contributed by atoms with E-state index in [9.17, 15) is 9.59 Å². The highest BCUT2D eigenvalue weighted by Gasteiger charge is 2.21. The fraction of sp³-hybridized carbons (Fsp3) is 0.176. The van der Waals surface area contributed by atoms with Crippen LogP contribution in [-0.2, 0) is 11.3 Å². The quantitative estimate of drug-likeness (QED) is 0.691. The molecule has 1 atom stereocenters. The maximum atomic E-state index is 12.4. The third-order valence-electron chi connectivity index (χ3n) is 3.77. The predicted molar refractivity (Wildman–Crippen MR) is 95.3 cm³/mol. The first-order valence-electron chi connectivity index (χ1n) is 7.79. The first-order chi connectivity index (χ1) is 12.4. The average Bonchev–Trinajstić information content (AvgIpc) is 3.25. The van der Waals surface area contributed by atoms with Crippen molar-refractivity contribution in [2.45, 2.75) is 19.5 Å². The number of hydrogen-bond donors (Lipinski definition) is 2. The van der Waals surface area contributed by atoms with Gasteiger partial charge in [0, 0.05) is 23.5 Å². The minimum Gasteiger partial charge on any atom is -0.480 e. The summed E-state index contributed by atoms with van der Waals surface area (Å²) in [6.45, 7) is 1.98. The molecule has 0 aliphatic carbocycles. The Morgan fingerprint density at radius 2 is 1.96 bits per heavy atom. The normalized spacial score (nSPS) is 11.9. The Labute approximate surface area is 154 Å². The summed E-state index contributed by atoms with van der Waals surface area (Å²) in [4.78, 5) is 23.5. The molecule has 3 aromatic rings. The molecular formula is C17H16ClN5O3. The van der Waals surface area contributed by atoms with Gasteiger partial charge in [-0.15, -0.1) is 0 Å². The van der Waals surface area contributed by atoms with Gasteiger partial charge < -0.3 is 10.4 Å². The monoisotopic (exact) mass is 373 g/mol. The molecule has 0 spiro atoms. The van der Waals surface area contributed by atoms with Crippen LogP contribution in [0.4, 0.5) is 5.82 Å². The lowest BCUT2D eigenvalue weighted by molar-refractivity contribution is -0.140. The number of rotatable bonds is 6. The van der Waals surface area contributed by atoms with E-state index in [1.54, 1.807) is 29.1 Å². The second kappa shape index (κ2) is 7.40. The zero-order valence-electron chi connectivity index (χ0n) is 13.8. The summed E-state index contributed by atoms with van der Waals surface area (Å²) < 4.78 is 2.83. The smallest absolute Gasteiger partial charge is 0.328 e. The number of carboxylic acid groups (broad SMARTS) is 1. The van der Waals surface area contributed by atoms with Gasteiger partial charge in [0.25, 0.3) is 5.91 Å². The zero-order chi connectivity index (χ0) is 18.7. The van der Waals surface area contributed by atoms with Crippen molar-refractivity contribution < 1.29 is 14.7 Å². The molecule has 0 saturated heterocycles. The third kappa shape index (κ3) is 3.92. The number of amides is 1. The van der Waals surface area contributed by atoms with Crippen molar-refractivity contribution in [2.75, 3.05) is 5.32 Å². The van der Waals surface area contributed by atoms with Crippen LogP contribution in [0.2, 0.25) is 5.02 Å². The van der Waals surface area contributed by atoms with E-state index >= 15 is 0 Å². The molecule has 0 aliphatic heterocycles. The number of carbonyl (C=O) groups excluding carboxylic acids is 1. The highest BCUT2D eigenvalue weighted by molar-refractivity contribution is 6.30. The lowest BCUT2D eigenvalue weighted by Crippen LogP contribution is -2.24. The van der Waals surface area contributed by atoms with Crippen LogP contribution < -0.4 is 5.32 Å². The lowest BCUT2D eigenvalue weighted by Gasteiger charge is -2.10. The van der Waals surface area contributed by atoms with E-state index in [1.807, 2.05) is 12.1 Å². The third-order valence-corrected chi connectivity index (χ3v) is 4.02. The van der Waals surface area contributed by atoms with Crippen LogP contribution in [0.25, 0.3) is 0 Å². The summed E-state index contributed by atoms with van der Waals surface area (Å²) >= 11 is 5.87. The highest BCUT2D eigenvalue weighted by Crippen LogP contribution is 2.13. The van der Waals surface area contributed by atoms with Crippen LogP contribution in [0.5, 0.6) is 0 Å². The number of anilines is 1. The number of benzene rings is 1. The number of aromatic nitrogens is 4. The number of carbonyl (C=O) groups is 2. The van der Waals surface area contributed by atoms with Crippen molar-refractivity contribution in [2.24, 2.45) is 0 Å². The Kier molecular flexibility index (Phi) is 5.04. The maximum Gasteiger partial charge on any atom is 0.328 e. The fourth-order valence-electron chi connectivity index (χ4n) is 2.38. The van der Waals surface area contributed by atoms with Crippen molar-refractivity contribution >= 4 is 29.3 Å². The topological polar surface area (TPSA) is 102 Å². The van der Waals surface area contributed by atoms with E-state index in [0.29, 0.717) is 17.4 Å². The number of hydrogen-bond acceptors (Lipinski definition) is 4. The average molecular weight is 374 g/mol. The number of nitrogens with zero attached hydrogens (tertiary/aromatic N) is 4. The minimum absolute atomic E-state index is 0.146. The summed E-state index contributed by atoms with van der Waals surface area (Å²) in [5.41, 5.74) is 1.16. The lowest BCUT2D eigenvalue weighted by atomic mass is 10.2. The van der Waals surface area contributed by atoms with Gasteiger partial charge in [0.2, 0.25) is 0 Å². The molecule has 2 N–H and O–H groups in total. The molecule has 2 heterocycles. The Morgan fingerprint density at radius 1 is 1.23 bits per heavy atom. The van der Waals surface area contributed by atoms with Crippen LogP contribution in [0, 0.1) is 0 Å². The van der Waals surface area contributed by atoms with E-state index in [1.165, 1.54) is 19.2 Å². The molecule has 0 saturated carbocycles. The van der Waals surface area contributed by atoms with Gasteiger partial charge in [0.15, 0.2) is 5.82 Å². The first-order valence-corrected chi connectivity index (χ1v) is 8.17. The molecule has 1 unspecified atom stereocenters. The molecule has 134 valence electrons. The molecule has 0 bridgehead atoms. The van der Waals surface area contributed by atoms with Crippen LogP contribution in [-0.4, -0.2) is 36.5 Å². The van der Waals surface area contributed by atoms with E-state index in [-0.39, 0.29) is 5.69 Å². The Hall–Kier alpha value is -3.13. The molecule has 0 radical (unpaired) electrons. The molecule has 0 aliphatic rings.